The van der Waals surface area contributed by atoms with Crippen molar-refractivity contribution in [3.63, 3.8) is 0 Å². The molecule has 5 aromatic heterocycles. The van der Waals surface area contributed by atoms with E-state index in [9.17, 15) is 33.5 Å². The van der Waals surface area contributed by atoms with Crippen LogP contribution in [-0.4, -0.2) is 70.5 Å². The molecular weight excluding hydrogens is 1740 g/mol. The molecule has 0 aliphatic heterocycles. The van der Waals surface area contributed by atoms with Gasteiger partial charge >= 0.3 is 0 Å². The van der Waals surface area contributed by atoms with E-state index >= 15 is 0 Å². The van der Waals surface area contributed by atoms with Gasteiger partial charge in [0.1, 0.15) is 17.4 Å². The van der Waals surface area contributed by atoms with E-state index in [0.717, 1.165) is 117 Å². The van der Waals surface area contributed by atoms with Crippen LogP contribution in [0.1, 0.15) is 80.5 Å². The number of aromatic nitrogens is 6. The minimum absolute atomic E-state index is 0.00229. The van der Waals surface area contributed by atoms with Crippen molar-refractivity contribution in [3.05, 3.63) is 413 Å². The molecule has 0 saturated heterocycles. The third-order valence-corrected chi connectivity index (χ3v) is 22.2. The minimum Gasteiger partial charge on any atom is -0.507 e. The van der Waals surface area contributed by atoms with Gasteiger partial charge in [-0.2, -0.15) is 0 Å². The number of hydrogen-bond acceptors (Lipinski definition) is 14. The molecule has 0 aliphatic rings. The van der Waals surface area contributed by atoms with Crippen molar-refractivity contribution >= 4 is 155 Å². The van der Waals surface area contributed by atoms with Crippen LogP contribution in [0.5, 0.6) is 5.75 Å². The number of hydrogen-bond donors (Lipinski definition) is 6. The Morgan fingerprint density at radius 2 is 0.795 bits per heavy atom. The Balaban J connectivity index is 0.000000137. The topological polar surface area (TPSA) is 256 Å². The number of rotatable bonds is 19. The van der Waals surface area contributed by atoms with Crippen molar-refractivity contribution in [2.24, 2.45) is 0 Å². The number of pyridine rings is 4. The molecule has 17 aromatic rings. The minimum atomic E-state index is -0.358. The van der Waals surface area contributed by atoms with Gasteiger partial charge in [-0.3, -0.25) is 24.0 Å². The van der Waals surface area contributed by atoms with Crippen molar-refractivity contribution in [2.45, 2.75) is 52.6 Å². The quantitative estimate of drug-likeness (QED) is 0.0412. The van der Waals surface area contributed by atoms with Crippen LogP contribution in [0.3, 0.4) is 0 Å². The molecule has 127 heavy (non-hydrogen) atoms. The van der Waals surface area contributed by atoms with Crippen molar-refractivity contribution in [1.29, 1.82) is 0 Å². The van der Waals surface area contributed by atoms with Crippen LogP contribution in [-0.2, 0) is 24.4 Å². The Kier molecular flexibility index (Phi) is 31.4. The molecular formula is C101H78Cl6FN11O7S. The second-order valence-electron chi connectivity index (χ2n) is 28.5. The summed E-state index contributed by atoms with van der Waals surface area (Å²) < 4.78 is 18.5. The van der Waals surface area contributed by atoms with Crippen LogP contribution in [0.2, 0.25) is 30.1 Å². The summed E-state index contributed by atoms with van der Waals surface area (Å²) in [6.07, 6.45) is 0. The number of carbonyl (C=O) groups excluding carboxylic acids is 5. The van der Waals surface area contributed by atoms with E-state index in [-0.39, 0.29) is 73.7 Å². The largest absolute Gasteiger partial charge is 0.507 e. The van der Waals surface area contributed by atoms with Crippen molar-refractivity contribution < 1.29 is 37.9 Å². The fraction of sp³-hybridized carbons (Fsp3) is 0.0792. The maximum atomic E-state index is 13.1. The fourth-order valence-corrected chi connectivity index (χ4v) is 15.5. The van der Waals surface area contributed by atoms with Crippen molar-refractivity contribution in [2.75, 3.05) is 16.4 Å². The molecule has 0 bridgehead atoms. The number of aryl methyl sites for hydroxylation is 1. The second kappa shape index (κ2) is 43.8. The Hall–Kier alpha value is -13.7. The average molecular weight is 1820 g/mol. The fourth-order valence-electron chi connectivity index (χ4n) is 13.5. The summed E-state index contributed by atoms with van der Waals surface area (Å²) >= 11 is 36.6. The highest BCUT2D eigenvalue weighted by molar-refractivity contribution is 7.99. The lowest BCUT2D eigenvalue weighted by atomic mass is 9.97. The first-order valence-electron chi connectivity index (χ1n) is 39.6. The first-order valence-corrected chi connectivity index (χ1v) is 42.9. The summed E-state index contributed by atoms with van der Waals surface area (Å²) in [5.74, 6) is -0.670. The Morgan fingerprint density at radius 3 is 1.25 bits per heavy atom. The number of para-hydroxylation sites is 4. The molecule has 0 unspecified atom stereocenters. The predicted octanol–water partition coefficient (Wildman–Crippen LogP) is 25.3. The lowest BCUT2D eigenvalue weighted by molar-refractivity contribution is -0.113. The number of fused-ring (bicyclic) bond motifs is 3. The van der Waals surface area contributed by atoms with E-state index in [1.54, 1.807) is 48.5 Å². The first-order chi connectivity index (χ1) is 61.5. The summed E-state index contributed by atoms with van der Waals surface area (Å²) in [6, 6.07) is 96.2. The number of benzene rings is 12. The van der Waals surface area contributed by atoms with Crippen LogP contribution in [0, 0.1) is 33.5 Å². The number of halogens is 7. The van der Waals surface area contributed by atoms with Gasteiger partial charge in [0.25, 0.3) is 34.7 Å². The SMILES string of the molecule is Cc1c(-c2ccccc2)nc2ccccc2c1C(=O)NCc1ccc(Cl)cc1.Cc1c(-c2ccccc2)nc2ccccc2c1C(=O)NCc1ccc(F)cc1.Cc1c(-c2ccccc2)nc2ccccc2c1C(=O)NCc1ccccc1.Cc1cccc(NC(=O)c2cc(Cl)ccc2Cl)n1.O=C(CSc1nnc(-c2ccccc2O)o1)Nc1c(Cl)cc(Cl)cc1Cl. The monoisotopic (exact) mass is 1820 g/mol. The molecule has 0 atom stereocenters. The molecule has 5 heterocycles. The zero-order chi connectivity index (χ0) is 89.5. The number of aromatic hydroxyl groups is 1. The maximum absolute atomic E-state index is 13.1. The maximum Gasteiger partial charge on any atom is 0.277 e. The number of thioether (sulfide) groups is 1. The van der Waals surface area contributed by atoms with Crippen molar-refractivity contribution in [1.82, 2.24) is 46.1 Å². The molecule has 0 fully saturated rings. The molecule has 18 nitrogen and oxygen atoms in total. The highest BCUT2D eigenvalue weighted by atomic mass is 35.5. The van der Waals surface area contributed by atoms with Gasteiger partial charge in [-0.25, -0.2) is 24.3 Å². The molecule has 26 heteroatoms. The number of phenols is 1. The lowest BCUT2D eigenvalue weighted by Crippen LogP contribution is -2.24. The van der Waals surface area contributed by atoms with Crippen LogP contribution >= 0.6 is 81.4 Å². The van der Waals surface area contributed by atoms with Gasteiger partial charge < -0.3 is 36.1 Å². The van der Waals surface area contributed by atoms with E-state index < -0.39 is 0 Å². The third-order valence-electron chi connectivity index (χ3n) is 19.7. The van der Waals surface area contributed by atoms with Gasteiger partial charge in [-0.05, 0) is 158 Å². The van der Waals surface area contributed by atoms with E-state index in [0.29, 0.717) is 73.4 Å². The number of nitrogens with zero attached hydrogens (tertiary/aromatic N) is 6. The van der Waals surface area contributed by atoms with Crippen LogP contribution in [0.4, 0.5) is 15.9 Å². The first kappa shape index (κ1) is 91.0. The summed E-state index contributed by atoms with van der Waals surface area (Å²) in [5, 5.41) is 36.9. The second-order valence-corrected chi connectivity index (χ2v) is 32.0. The molecule has 17 rings (SSSR count). The normalized spacial score (nSPS) is 10.7. The van der Waals surface area contributed by atoms with Gasteiger partial charge in [0, 0.05) is 73.2 Å². The van der Waals surface area contributed by atoms with Gasteiger partial charge in [0.2, 0.25) is 5.91 Å². The zero-order valence-corrected chi connectivity index (χ0v) is 73.8. The molecule has 0 saturated carbocycles. The van der Waals surface area contributed by atoms with Gasteiger partial charge in [-0.15, -0.1) is 10.2 Å². The number of carbonyl (C=O) groups is 5. The Labute approximate surface area is 766 Å². The summed E-state index contributed by atoms with van der Waals surface area (Å²) in [4.78, 5) is 82.0. The van der Waals surface area contributed by atoms with Crippen LogP contribution < -0.4 is 26.6 Å². The molecule has 0 spiro atoms. The third kappa shape index (κ3) is 24.1. The standard InChI is InChI=1S/C24H19ClN2O.C24H19FN2O.C24H20N2O.C16H10Cl3N3O3S.C13H10Cl2N2O/c2*1-16-22(24(28)26-15-17-11-13-19(25)14-12-17)20-9-5-6-10-21(20)27-23(16)18-7-3-2-4-8-18;1-17-22(24(27)25-16-18-10-4-2-5-11-18)20-14-8-9-15-21(20)26-23(17)19-12-6-3-7-13-19;17-8-5-10(18)14(11(19)6-8)20-13(24)7-26-16-22-21-15(25-16)9-3-1-2-4-12(9)23;1-8-3-2-4-12(16-8)17-13(18)10-7-9(14)5-6-11(10)15/h2*2-14H,15H2,1H3,(H,26,28);2-15H,16H2,1H3,(H,25,27);1-6,23H,7H2,(H,20,24);2-7H,1H3,(H,16,17,18). The van der Waals surface area contributed by atoms with Gasteiger partial charge in [-0.1, -0.05) is 300 Å². The zero-order valence-electron chi connectivity index (χ0n) is 68.5. The summed E-state index contributed by atoms with van der Waals surface area (Å²) in [6.45, 7) is 8.97. The highest BCUT2D eigenvalue weighted by Crippen LogP contribution is 2.37. The van der Waals surface area contributed by atoms with E-state index in [2.05, 4.69) is 41.8 Å². The number of phenolic OH excluding ortho intramolecular Hbond substituents is 1. The van der Waals surface area contributed by atoms with E-state index in [1.807, 2.05) is 258 Å². The van der Waals surface area contributed by atoms with E-state index in [1.165, 1.54) is 36.4 Å². The average Bonchev–Trinajstić information content (AvgIpc) is 1.25. The summed E-state index contributed by atoms with van der Waals surface area (Å²) in [5.41, 5.74) is 17.2. The molecule has 12 aromatic carbocycles. The van der Waals surface area contributed by atoms with Crippen LogP contribution in [0.15, 0.2) is 325 Å². The highest BCUT2D eigenvalue weighted by Gasteiger charge is 2.24. The molecule has 634 valence electrons. The van der Waals surface area contributed by atoms with Crippen LogP contribution in [0.25, 0.3) is 77.9 Å². The van der Waals surface area contributed by atoms with Crippen molar-refractivity contribution in [3.8, 4) is 51.0 Å². The number of nitrogens with one attached hydrogen (secondary N) is 5. The number of anilines is 2. The predicted molar refractivity (Wildman–Crippen MR) is 509 cm³/mol. The Morgan fingerprint density at radius 1 is 0.386 bits per heavy atom. The lowest BCUT2D eigenvalue weighted by Gasteiger charge is -2.15. The number of amides is 5. The van der Waals surface area contributed by atoms with E-state index in [4.69, 9.17) is 89.0 Å². The molecule has 0 radical (unpaired) electrons. The Bertz CT molecular complexity index is 6610. The molecule has 0 aliphatic carbocycles. The summed E-state index contributed by atoms with van der Waals surface area (Å²) in [7, 11) is 0. The van der Waals surface area contributed by atoms with Gasteiger partial charge in [0.05, 0.1) is 88.0 Å². The molecule has 6 N–H and O–H groups in total. The smallest absolute Gasteiger partial charge is 0.277 e. The van der Waals surface area contributed by atoms with Gasteiger partial charge in [0.15, 0.2) is 0 Å². The molecule has 5 amide bonds.